The lowest BCUT2D eigenvalue weighted by molar-refractivity contribution is -0.122. The van der Waals surface area contributed by atoms with Crippen LogP contribution in [0.5, 0.6) is 5.75 Å². The van der Waals surface area contributed by atoms with Crippen molar-refractivity contribution >= 4 is 102 Å². The highest BCUT2D eigenvalue weighted by Gasteiger charge is 2.35. The minimum Gasteiger partial charge on any atom is -0.506 e. The van der Waals surface area contributed by atoms with Gasteiger partial charge < -0.3 is 5.11 Å². The predicted octanol–water partition coefficient (Wildman–Crippen LogP) is 4.50. The number of nitrogens with zero attached hydrogens (tertiary/aromatic N) is 1. The highest BCUT2D eigenvalue weighted by Crippen LogP contribution is 2.31. The highest BCUT2D eigenvalue weighted by atomic mass is 127. The van der Waals surface area contributed by atoms with E-state index in [0.29, 0.717) is 14.8 Å². The van der Waals surface area contributed by atoms with Crippen LogP contribution in [-0.4, -0.2) is 22.0 Å². The van der Waals surface area contributed by atoms with E-state index in [1.165, 1.54) is 11.0 Å². The molecule has 138 valence electrons. The summed E-state index contributed by atoms with van der Waals surface area (Å²) in [7, 11) is 0. The number of anilines is 1. The van der Waals surface area contributed by atoms with Crippen molar-refractivity contribution in [2.75, 3.05) is 4.90 Å². The van der Waals surface area contributed by atoms with Crippen LogP contribution in [-0.2, 0) is 9.59 Å². The van der Waals surface area contributed by atoms with Crippen LogP contribution in [0.4, 0.5) is 5.69 Å². The average molecular weight is 669 g/mol. The third-order valence-corrected chi connectivity index (χ3v) is 6.08. The summed E-state index contributed by atoms with van der Waals surface area (Å²) in [6.45, 7) is 1.85. The molecular formula is C18H11BrI2N2O3S. The molecule has 2 amide bonds. The molecule has 9 heteroatoms. The first kappa shape index (κ1) is 20.7. The van der Waals surface area contributed by atoms with Crippen molar-refractivity contribution in [3.8, 4) is 5.75 Å². The number of aryl methyl sites for hydroxylation is 1. The predicted molar refractivity (Wildman–Crippen MR) is 129 cm³/mol. The second-order valence-corrected chi connectivity index (χ2v) is 9.42. The molecule has 1 heterocycles. The molecule has 1 saturated heterocycles. The molecule has 2 aromatic carbocycles. The first-order chi connectivity index (χ1) is 12.7. The molecule has 0 saturated carbocycles. The summed E-state index contributed by atoms with van der Waals surface area (Å²) >= 11 is 12.7. The number of hydrogen-bond acceptors (Lipinski definition) is 4. The number of benzene rings is 2. The van der Waals surface area contributed by atoms with E-state index >= 15 is 0 Å². The average Bonchev–Trinajstić information content (AvgIpc) is 2.57. The lowest BCUT2D eigenvalue weighted by atomic mass is 10.1. The number of halogens is 3. The molecule has 0 radical (unpaired) electrons. The van der Waals surface area contributed by atoms with Gasteiger partial charge in [0.25, 0.3) is 11.8 Å². The molecule has 0 unspecified atom stereocenters. The van der Waals surface area contributed by atoms with E-state index in [1.54, 1.807) is 24.3 Å². The van der Waals surface area contributed by atoms with E-state index in [9.17, 15) is 14.7 Å². The maximum atomic E-state index is 13.1. The molecule has 0 bridgehead atoms. The van der Waals surface area contributed by atoms with Gasteiger partial charge in [-0.1, -0.05) is 15.9 Å². The van der Waals surface area contributed by atoms with Gasteiger partial charge in [0.05, 0.1) is 9.26 Å². The van der Waals surface area contributed by atoms with Crippen molar-refractivity contribution in [2.45, 2.75) is 6.92 Å². The molecule has 1 aliphatic rings. The first-order valence-corrected chi connectivity index (χ1v) is 10.9. The van der Waals surface area contributed by atoms with Gasteiger partial charge in [0, 0.05) is 13.6 Å². The number of phenolic OH excluding ortho intramolecular Hbond substituents is 1. The van der Waals surface area contributed by atoms with Crippen LogP contribution in [0, 0.1) is 14.1 Å². The van der Waals surface area contributed by atoms with Gasteiger partial charge in [0.1, 0.15) is 11.3 Å². The Balaban J connectivity index is 2.11. The molecule has 1 aliphatic heterocycles. The number of nitrogens with one attached hydrogen (secondary N) is 1. The van der Waals surface area contributed by atoms with Gasteiger partial charge in [-0.2, -0.15) is 0 Å². The fraction of sp³-hybridized carbons (Fsp3) is 0.0556. The summed E-state index contributed by atoms with van der Waals surface area (Å²) in [5.41, 5.74) is 1.70. The monoisotopic (exact) mass is 668 g/mol. The minimum absolute atomic E-state index is 0.0173. The lowest BCUT2D eigenvalue weighted by Crippen LogP contribution is -2.54. The Hall–Kier alpha value is -1.05. The molecule has 0 atom stereocenters. The van der Waals surface area contributed by atoms with E-state index in [1.807, 2.05) is 35.6 Å². The van der Waals surface area contributed by atoms with Crippen molar-refractivity contribution in [2.24, 2.45) is 0 Å². The van der Waals surface area contributed by atoms with Gasteiger partial charge in [-0.15, -0.1) is 0 Å². The molecule has 1 fully saturated rings. The van der Waals surface area contributed by atoms with Crippen LogP contribution >= 0.6 is 73.3 Å². The standard InChI is InChI=1S/C18H11BrI2N2O3S/c1-8-4-10(19)2-3-14(8)23-17(26)12(16(25)22-18(23)27)6-9-5-11(20)7-13(21)15(9)24/h2-7,24H,1H3,(H,22,25,27)/b12-6-. The Labute approximate surface area is 196 Å². The highest BCUT2D eigenvalue weighted by molar-refractivity contribution is 14.1. The van der Waals surface area contributed by atoms with Crippen molar-refractivity contribution < 1.29 is 14.7 Å². The van der Waals surface area contributed by atoms with Crippen molar-refractivity contribution in [3.63, 3.8) is 0 Å². The summed E-state index contributed by atoms with van der Waals surface area (Å²) in [6, 6.07) is 8.91. The number of phenols is 1. The molecule has 0 aromatic heterocycles. The second-order valence-electron chi connectivity index (χ2n) is 5.71. The van der Waals surface area contributed by atoms with E-state index in [0.717, 1.165) is 13.6 Å². The molecule has 2 N–H and O–H groups in total. The van der Waals surface area contributed by atoms with E-state index < -0.39 is 11.8 Å². The lowest BCUT2D eigenvalue weighted by Gasteiger charge is -2.30. The Bertz CT molecular complexity index is 1040. The number of thiocarbonyl (C=S) groups is 1. The van der Waals surface area contributed by atoms with Gasteiger partial charge in [0.2, 0.25) is 0 Å². The fourth-order valence-electron chi connectivity index (χ4n) is 2.60. The van der Waals surface area contributed by atoms with Crippen LogP contribution in [0.2, 0.25) is 0 Å². The van der Waals surface area contributed by atoms with Gasteiger partial charge in [-0.25, -0.2) is 0 Å². The molecule has 27 heavy (non-hydrogen) atoms. The maximum Gasteiger partial charge on any atom is 0.270 e. The zero-order valence-electron chi connectivity index (χ0n) is 13.7. The molecule has 5 nitrogen and oxygen atoms in total. The normalized spacial score (nSPS) is 16.1. The van der Waals surface area contributed by atoms with Crippen molar-refractivity contribution in [1.82, 2.24) is 5.32 Å². The molecule has 0 aliphatic carbocycles. The molecule has 0 spiro atoms. The van der Waals surface area contributed by atoms with Crippen LogP contribution < -0.4 is 10.2 Å². The van der Waals surface area contributed by atoms with Gasteiger partial charge in [-0.05, 0) is 106 Å². The minimum atomic E-state index is -0.593. The van der Waals surface area contributed by atoms with Gasteiger partial charge >= 0.3 is 0 Å². The van der Waals surface area contributed by atoms with Crippen LogP contribution in [0.15, 0.2) is 40.4 Å². The third kappa shape index (κ3) is 4.20. The fourth-order valence-corrected chi connectivity index (χ4v) is 5.24. The first-order valence-electron chi connectivity index (χ1n) is 7.54. The van der Waals surface area contributed by atoms with Crippen LogP contribution in [0.1, 0.15) is 11.1 Å². The van der Waals surface area contributed by atoms with E-state index in [4.69, 9.17) is 12.2 Å². The smallest absolute Gasteiger partial charge is 0.270 e. The summed E-state index contributed by atoms with van der Waals surface area (Å²) in [5.74, 6) is -1.12. The maximum absolute atomic E-state index is 13.1. The Kier molecular flexibility index (Phi) is 6.23. The number of carbonyl (C=O) groups is 2. The summed E-state index contributed by atoms with van der Waals surface area (Å²) < 4.78 is 2.38. The zero-order chi connectivity index (χ0) is 19.9. The number of carbonyl (C=O) groups excluding carboxylic acids is 2. The number of hydrogen-bond donors (Lipinski definition) is 2. The number of aromatic hydroxyl groups is 1. The van der Waals surface area contributed by atoms with Crippen molar-refractivity contribution in [1.29, 1.82) is 0 Å². The Morgan fingerprint density at radius 3 is 2.59 bits per heavy atom. The quantitative estimate of drug-likeness (QED) is 0.214. The molecular weight excluding hydrogens is 658 g/mol. The van der Waals surface area contributed by atoms with E-state index in [-0.39, 0.29) is 16.4 Å². The van der Waals surface area contributed by atoms with Crippen LogP contribution in [0.3, 0.4) is 0 Å². The third-order valence-electron chi connectivity index (χ3n) is 3.86. The van der Waals surface area contributed by atoms with E-state index in [2.05, 4.69) is 43.8 Å². The number of rotatable bonds is 2. The van der Waals surface area contributed by atoms with Crippen LogP contribution in [0.25, 0.3) is 6.08 Å². The summed E-state index contributed by atoms with van der Waals surface area (Å²) in [5, 5.41) is 12.9. The molecule has 2 aromatic rings. The number of amides is 2. The Morgan fingerprint density at radius 1 is 1.22 bits per heavy atom. The molecule has 3 rings (SSSR count). The van der Waals surface area contributed by atoms with Gasteiger partial charge in [0.15, 0.2) is 5.11 Å². The Morgan fingerprint density at radius 2 is 1.93 bits per heavy atom. The summed E-state index contributed by atoms with van der Waals surface area (Å²) in [6.07, 6.45) is 1.39. The largest absolute Gasteiger partial charge is 0.506 e. The SMILES string of the molecule is Cc1cc(Br)ccc1N1C(=O)/C(=C\c2cc(I)cc(I)c2O)C(=O)NC1=S. The second kappa shape index (κ2) is 8.13. The topological polar surface area (TPSA) is 69.6 Å². The van der Waals surface area contributed by atoms with Crippen molar-refractivity contribution in [3.05, 3.63) is 58.6 Å². The summed E-state index contributed by atoms with van der Waals surface area (Å²) in [4.78, 5) is 26.8. The zero-order valence-corrected chi connectivity index (χ0v) is 20.4. The van der Waals surface area contributed by atoms with Gasteiger partial charge in [-0.3, -0.25) is 19.8 Å².